The van der Waals surface area contributed by atoms with E-state index >= 15 is 0 Å². The molecule has 2 nitrogen and oxygen atoms in total. The molecule has 1 unspecified atom stereocenters. The van der Waals surface area contributed by atoms with Crippen LogP contribution in [0.3, 0.4) is 0 Å². The van der Waals surface area contributed by atoms with Gasteiger partial charge in [-0.05, 0) is 37.1 Å². The Bertz CT molecular complexity index is 372. The number of hydrogen-bond acceptors (Lipinski definition) is 2. The molecule has 0 aliphatic carbocycles. The van der Waals surface area contributed by atoms with Gasteiger partial charge in [0.15, 0.2) is 0 Å². The summed E-state index contributed by atoms with van der Waals surface area (Å²) in [6, 6.07) is 6.48. The Kier molecular flexibility index (Phi) is 2.88. The summed E-state index contributed by atoms with van der Waals surface area (Å²) >= 11 is 3.51. The van der Waals surface area contributed by atoms with Gasteiger partial charge in [-0.2, -0.15) is 0 Å². The van der Waals surface area contributed by atoms with Crippen LogP contribution in [0.4, 0.5) is 0 Å². The van der Waals surface area contributed by atoms with Crippen molar-refractivity contribution in [3.8, 4) is 0 Å². The zero-order valence-electron chi connectivity index (χ0n) is 9.09. The summed E-state index contributed by atoms with van der Waals surface area (Å²) in [6.07, 6.45) is 0. The summed E-state index contributed by atoms with van der Waals surface area (Å²) in [5.74, 6) is 0. The minimum atomic E-state index is 0.0217. The first-order valence-corrected chi connectivity index (χ1v) is 5.95. The van der Waals surface area contributed by atoms with Gasteiger partial charge in [0.1, 0.15) is 0 Å². The number of nitrogens with two attached hydrogens (primary N) is 1. The number of rotatable bonds is 2. The van der Waals surface area contributed by atoms with E-state index in [1.807, 2.05) is 0 Å². The zero-order valence-corrected chi connectivity index (χ0v) is 10.7. The molecule has 0 saturated carbocycles. The number of halogens is 1. The van der Waals surface area contributed by atoms with Crippen LogP contribution in [0, 0.1) is 6.92 Å². The van der Waals surface area contributed by atoms with Crippen molar-refractivity contribution in [1.82, 2.24) is 0 Å². The second kappa shape index (κ2) is 3.89. The fourth-order valence-electron chi connectivity index (χ4n) is 2.12. The topological polar surface area (TPSA) is 35.2 Å². The van der Waals surface area contributed by atoms with Gasteiger partial charge in [-0.3, -0.25) is 0 Å². The normalized spacial score (nSPS) is 20.8. The molecule has 1 aliphatic heterocycles. The molecule has 1 fully saturated rings. The molecule has 1 heterocycles. The van der Waals surface area contributed by atoms with Crippen molar-refractivity contribution < 1.29 is 4.74 Å². The molecular weight excluding hydrogens is 254 g/mol. The van der Waals surface area contributed by atoms with E-state index in [4.69, 9.17) is 10.5 Å². The van der Waals surface area contributed by atoms with Crippen molar-refractivity contribution in [3.05, 3.63) is 33.8 Å². The summed E-state index contributed by atoms with van der Waals surface area (Å²) in [7, 11) is 0. The minimum absolute atomic E-state index is 0.0217. The predicted octanol–water partition coefficient (Wildman–Crippen LogP) is 2.37. The van der Waals surface area contributed by atoms with Gasteiger partial charge >= 0.3 is 0 Å². The molecule has 82 valence electrons. The highest BCUT2D eigenvalue weighted by Crippen LogP contribution is 2.37. The first-order valence-electron chi connectivity index (χ1n) is 5.16. The van der Waals surface area contributed by atoms with Crippen LogP contribution in [-0.2, 0) is 10.2 Å². The molecule has 0 bridgehead atoms. The van der Waals surface area contributed by atoms with Crippen LogP contribution in [0.15, 0.2) is 22.7 Å². The van der Waals surface area contributed by atoms with Crippen LogP contribution < -0.4 is 5.73 Å². The van der Waals surface area contributed by atoms with E-state index in [0.29, 0.717) is 0 Å². The first-order chi connectivity index (χ1) is 7.06. The molecular formula is C12H16BrNO. The standard InChI is InChI=1S/C12H16BrNO/c1-8-3-4-10(13)5-11(8)12(9(2)14)6-15-7-12/h3-5,9H,6-7,14H2,1-2H3. The number of ether oxygens (including phenoxy) is 1. The summed E-state index contributed by atoms with van der Waals surface area (Å²) in [5.41, 5.74) is 8.72. The smallest absolute Gasteiger partial charge is 0.0600 e. The lowest BCUT2D eigenvalue weighted by Crippen LogP contribution is -2.57. The molecule has 3 heteroatoms. The van der Waals surface area contributed by atoms with Crippen molar-refractivity contribution in [1.29, 1.82) is 0 Å². The maximum absolute atomic E-state index is 6.09. The maximum Gasteiger partial charge on any atom is 0.0600 e. The molecule has 0 aromatic heterocycles. The Hall–Kier alpha value is -0.380. The minimum Gasteiger partial charge on any atom is -0.379 e. The predicted molar refractivity (Wildman–Crippen MR) is 65.0 cm³/mol. The van der Waals surface area contributed by atoms with E-state index < -0.39 is 0 Å². The average molecular weight is 270 g/mol. The summed E-state index contributed by atoms with van der Waals surface area (Å²) in [4.78, 5) is 0. The van der Waals surface area contributed by atoms with Gasteiger partial charge in [-0.25, -0.2) is 0 Å². The van der Waals surface area contributed by atoms with Crippen molar-refractivity contribution >= 4 is 15.9 Å². The highest BCUT2D eigenvalue weighted by atomic mass is 79.9. The van der Waals surface area contributed by atoms with Gasteiger partial charge in [0.05, 0.1) is 18.6 Å². The molecule has 2 N–H and O–H groups in total. The Morgan fingerprint density at radius 3 is 2.60 bits per heavy atom. The number of benzene rings is 1. The molecule has 1 saturated heterocycles. The molecule has 1 atom stereocenters. The SMILES string of the molecule is Cc1ccc(Br)cc1C1(C(C)N)COC1. The molecule has 0 amide bonds. The summed E-state index contributed by atoms with van der Waals surface area (Å²) in [5, 5.41) is 0. The van der Waals surface area contributed by atoms with Gasteiger partial charge in [0.25, 0.3) is 0 Å². The van der Waals surface area contributed by atoms with Crippen molar-refractivity contribution in [3.63, 3.8) is 0 Å². The van der Waals surface area contributed by atoms with Crippen LogP contribution in [0.1, 0.15) is 18.1 Å². The van der Waals surface area contributed by atoms with Crippen LogP contribution in [-0.4, -0.2) is 19.3 Å². The lowest BCUT2D eigenvalue weighted by molar-refractivity contribution is -0.0704. The quantitative estimate of drug-likeness (QED) is 0.895. The van der Waals surface area contributed by atoms with Crippen LogP contribution in [0.5, 0.6) is 0 Å². The Morgan fingerprint density at radius 2 is 2.13 bits per heavy atom. The third kappa shape index (κ3) is 1.73. The highest BCUT2D eigenvalue weighted by Gasteiger charge is 2.44. The van der Waals surface area contributed by atoms with E-state index in [0.717, 1.165) is 17.7 Å². The fraction of sp³-hybridized carbons (Fsp3) is 0.500. The van der Waals surface area contributed by atoms with E-state index in [9.17, 15) is 0 Å². The van der Waals surface area contributed by atoms with E-state index in [2.05, 4.69) is 48.0 Å². The van der Waals surface area contributed by atoms with Gasteiger partial charge in [0.2, 0.25) is 0 Å². The van der Waals surface area contributed by atoms with Crippen LogP contribution in [0.2, 0.25) is 0 Å². The number of hydrogen-bond donors (Lipinski definition) is 1. The monoisotopic (exact) mass is 269 g/mol. The molecule has 1 aromatic rings. The third-order valence-electron chi connectivity index (χ3n) is 3.33. The van der Waals surface area contributed by atoms with Gasteiger partial charge in [0, 0.05) is 10.5 Å². The zero-order chi connectivity index (χ0) is 11.1. The van der Waals surface area contributed by atoms with Crippen LogP contribution in [0.25, 0.3) is 0 Å². The Balaban J connectivity index is 2.47. The Labute approximate surface area is 98.9 Å². The van der Waals surface area contributed by atoms with Crippen molar-refractivity contribution in [2.45, 2.75) is 25.3 Å². The summed E-state index contributed by atoms with van der Waals surface area (Å²) in [6.45, 7) is 5.66. The molecule has 2 rings (SSSR count). The molecule has 0 spiro atoms. The van der Waals surface area contributed by atoms with E-state index in [1.54, 1.807) is 0 Å². The van der Waals surface area contributed by atoms with Crippen LogP contribution >= 0.6 is 15.9 Å². The van der Waals surface area contributed by atoms with E-state index in [1.165, 1.54) is 11.1 Å². The average Bonchev–Trinajstić information content (AvgIpc) is 2.08. The second-order valence-electron chi connectivity index (χ2n) is 4.40. The lowest BCUT2D eigenvalue weighted by atomic mass is 9.72. The van der Waals surface area contributed by atoms with Gasteiger partial charge < -0.3 is 10.5 Å². The maximum atomic E-state index is 6.09. The third-order valence-corrected chi connectivity index (χ3v) is 3.82. The largest absolute Gasteiger partial charge is 0.379 e. The van der Waals surface area contributed by atoms with Gasteiger partial charge in [-0.15, -0.1) is 0 Å². The molecule has 15 heavy (non-hydrogen) atoms. The molecule has 0 radical (unpaired) electrons. The molecule has 1 aromatic carbocycles. The van der Waals surface area contributed by atoms with Gasteiger partial charge in [-0.1, -0.05) is 22.0 Å². The Morgan fingerprint density at radius 1 is 1.47 bits per heavy atom. The van der Waals surface area contributed by atoms with E-state index in [-0.39, 0.29) is 11.5 Å². The number of aryl methyl sites for hydroxylation is 1. The fourth-order valence-corrected chi connectivity index (χ4v) is 2.48. The summed E-state index contributed by atoms with van der Waals surface area (Å²) < 4.78 is 6.46. The molecule has 1 aliphatic rings. The van der Waals surface area contributed by atoms with Crippen molar-refractivity contribution in [2.75, 3.05) is 13.2 Å². The van der Waals surface area contributed by atoms with Crippen molar-refractivity contribution in [2.24, 2.45) is 5.73 Å². The highest BCUT2D eigenvalue weighted by molar-refractivity contribution is 9.10. The lowest BCUT2D eigenvalue weighted by Gasteiger charge is -2.45. The first kappa shape index (κ1) is 11.1. The second-order valence-corrected chi connectivity index (χ2v) is 5.31.